The molecule has 0 bridgehead atoms. The van der Waals surface area contributed by atoms with Gasteiger partial charge in [-0.3, -0.25) is 0 Å². The number of rotatable bonds is 3. The standard InChI is InChI=1S/C17H28N2/c1-12-9-14(3)15(16(18)10-12)11-19(4)17-8-6-5-7-13(17)2/h5-8,12,14-16H,9-11,18H2,1-4H3. The number of hydrogen-bond acceptors (Lipinski definition) is 2. The molecule has 0 amide bonds. The molecular formula is C17H28N2. The fourth-order valence-electron chi connectivity index (χ4n) is 3.69. The van der Waals surface area contributed by atoms with Gasteiger partial charge in [0.25, 0.3) is 0 Å². The summed E-state index contributed by atoms with van der Waals surface area (Å²) in [7, 11) is 2.19. The lowest BCUT2D eigenvalue weighted by Gasteiger charge is -2.40. The summed E-state index contributed by atoms with van der Waals surface area (Å²) in [5, 5.41) is 0. The lowest BCUT2D eigenvalue weighted by atomic mass is 9.72. The van der Waals surface area contributed by atoms with Gasteiger partial charge in [-0.25, -0.2) is 0 Å². The Hall–Kier alpha value is -1.02. The Balaban J connectivity index is 2.06. The van der Waals surface area contributed by atoms with Crippen molar-refractivity contribution in [3.8, 4) is 0 Å². The van der Waals surface area contributed by atoms with Gasteiger partial charge in [0, 0.05) is 25.3 Å². The molecule has 2 N–H and O–H groups in total. The first kappa shape index (κ1) is 14.4. The maximum atomic E-state index is 6.40. The maximum absolute atomic E-state index is 6.40. The van der Waals surface area contributed by atoms with Crippen molar-refractivity contribution in [3.05, 3.63) is 29.8 Å². The molecule has 1 saturated carbocycles. The Morgan fingerprint density at radius 2 is 1.89 bits per heavy atom. The molecule has 0 radical (unpaired) electrons. The van der Waals surface area contributed by atoms with Crippen LogP contribution < -0.4 is 10.6 Å². The number of benzene rings is 1. The highest BCUT2D eigenvalue weighted by molar-refractivity contribution is 5.52. The molecule has 1 aliphatic carbocycles. The molecule has 106 valence electrons. The van der Waals surface area contributed by atoms with Crippen LogP contribution in [0, 0.1) is 24.7 Å². The number of anilines is 1. The number of nitrogens with two attached hydrogens (primary N) is 1. The molecular weight excluding hydrogens is 232 g/mol. The summed E-state index contributed by atoms with van der Waals surface area (Å²) in [5.41, 5.74) is 9.07. The van der Waals surface area contributed by atoms with Crippen LogP contribution in [-0.2, 0) is 0 Å². The lowest BCUT2D eigenvalue weighted by Crippen LogP contribution is -2.46. The average molecular weight is 260 g/mol. The summed E-state index contributed by atoms with van der Waals surface area (Å²) in [5.74, 6) is 2.12. The van der Waals surface area contributed by atoms with Crippen molar-refractivity contribution >= 4 is 5.69 Å². The fourth-order valence-corrected chi connectivity index (χ4v) is 3.69. The SMILES string of the molecule is Cc1ccccc1N(C)CC1C(C)CC(C)CC1N. The third-order valence-corrected chi connectivity index (χ3v) is 4.74. The molecule has 0 aromatic heterocycles. The third-order valence-electron chi connectivity index (χ3n) is 4.74. The average Bonchev–Trinajstić information content (AvgIpc) is 2.34. The van der Waals surface area contributed by atoms with Crippen molar-refractivity contribution in [3.63, 3.8) is 0 Å². The van der Waals surface area contributed by atoms with E-state index in [1.165, 1.54) is 24.1 Å². The Bertz CT molecular complexity index is 403. The van der Waals surface area contributed by atoms with E-state index in [2.05, 4.69) is 57.0 Å². The van der Waals surface area contributed by atoms with Crippen LogP contribution in [0.25, 0.3) is 0 Å². The van der Waals surface area contributed by atoms with Crippen LogP contribution in [0.2, 0.25) is 0 Å². The molecule has 2 heteroatoms. The Kier molecular flexibility index (Phi) is 4.51. The zero-order valence-electron chi connectivity index (χ0n) is 12.8. The Morgan fingerprint density at radius 1 is 1.21 bits per heavy atom. The van der Waals surface area contributed by atoms with Gasteiger partial charge in [0.15, 0.2) is 0 Å². The molecule has 0 aliphatic heterocycles. The number of hydrogen-bond donors (Lipinski definition) is 1. The van der Waals surface area contributed by atoms with E-state index >= 15 is 0 Å². The van der Waals surface area contributed by atoms with E-state index in [-0.39, 0.29) is 0 Å². The smallest absolute Gasteiger partial charge is 0.0393 e. The van der Waals surface area contributed by atoms with Crippen molar-refractivity contribution in [1.82, 2.24) is 0 Å². The van der Waals surface area contributed by atoms with Crippen LogP contribution in [0.15, 0.2) is 24.3 Å². The molecule has 2 nitrogen and oxygen atoms in total. The first-order chi connectivity index (χ1) is 8.99. The molecule has 0 heterocycles. The van der Waals surface area contributed by atoms with Crippen molar-refractivity contribution in [2.75, 3.05) is 18.5 Å². The van der Waals surface area contributed by atoms with Crippen molar-refractivity contribution in [1.29, 1.82) is 0 Å². The summed E-state index contributed by atoms with van der Waals surface area (Å²) >= 11 is 0. The van der Waals surface area contributed by atoms with Crippen LogP contribution >= 0.6 is 0 Å². The Morgan fingerprint density at radius 3 is 2.53 bits per heavy atom. The maximum Gasteiger partial charge on any atom is 0.0393 e. The molecule has 1 aromatic rings. The third kappa shape index (κ3) is 3.30. The van der Waals surface area contributed by atoms with Gasteiger partial charge in [-0.05, 0) is 49.1 Å². The predicted octanol–water partition coefficient (Wildman–Crippen LogP) is 3.44. The van der Waals surface area contributed by atoms with Gasteiger partial charge in [0.2, 0.25) is 0 Å². The molecule has 0 saturated heterocycles. The van der Waals surface area contributed by atoms with Gasteiger partial charge >= 0.3 is 0 Å². The van der Waals surface area contributed by atoms with Crippen LogP contribution in [0.5, 0.6) is 0 Å². The molecule has 2 rings (SSSR count). The predicted molar refractivity (Wildman–Crippen MR) is 83.5 cm³/mol. The minimum Gasteiger partial charge on any atom is -0.374 e. The zero-order valence-corrected chi connectivity index (χ0v) is 12.8. The van der Waals surface area contributed by atoms with Crippen LogP contribution in [0.4, 0.5) is 5.69 Å². The summed E-state index contributed by atoms with van der Waals surface area (Å²) in [6.45, 7) is 7.95. The first-order valence-electron chi connectivity index (χ1n) is 7.51. The molecule has 1 aliphatic rings. The number of para-hydroxylation sites is 1. The van der Waals surface area contributed by atoms with Gasteiger partial charge in [0.05, 0.1) is 0 Å². The largest absolute Gasteiger partial charge is 0.374 e. The monoisotopic (exact) mass is 260 g/mol. The second kappa shape index (κ2) is 5.96. The van der Waals surface area contributed by atoms with Crippen LogP contribution in [0.1, 0.15) is 32.3 Å². The topological polar surface area (TPSA) is 29.3 Å². The summed E-state index contributed by atoms with van der Waals surface area (Å²) in [6, 6.07) is 8.95. The molecule has 4 unspecified atom stereocenters. The van der Waals surface area contributed by atoms with E-state index in [9.17, 15) is 0 Å². The zero-order chi connectivity index (χ0) is 14.0. The lowest BCUT2D eigenvalue weighted by molar-refractivity contribution is 0.178. The van der Waals surface area contributed by atoms with Gasteiger partial charge in [-0.15, -0.1) is 0 Å². The van der Waals surface area contributed by atoms with Crippen LogP contribution in [0.3, 0.4) is 0 Å². The molecule has 0 spiro atoms. The number of aryl methyl sites for hydroxylation is 1. The highest BCUT2D eigenvalue weighted by Gasteiger charge is 2.32. The minimum atomic E-state index is 0.352. The quantitative estimate of drug-likeness (QED) is 0.902. The molecule has 1 fully saturated rings. The van der Waals surface area contributed by atoms with E-state index in [1.807, 2.05) is 0 Å². The highest BCUT2D eigenvalue weighted by Crippen LogP contribution is 2.34. The second-order valence-corrected chi connectivity index (χ2v) is 6.55. The van der Waals surface area contributed by atoms with Gasteiger partial charge in [0.1, 0.15) is 0 Å². The van der Waals surface area contributed by atoms with Gasteiger partial charge < -0.3 is 10.6 Å². The van der Waals surface area contributed by atoms with Crippen molar-refractivity contribution in [2.24, 2.45) is 23.5 Å². The normalized spacial score (nSPS) is 31.2. The van der Waals surface area contributed by atoms with Crippen molar-refractivity contribution in [2.45, 2.75) is 39.7 Å². The number of nitrogens with zero attached hydrogens (tertiary/aromatic N) is 1. The van der Waals surface area contributed by atoms with E-state index in [4.69, 9.17) is 5.73 Å². The highest BCUT2D eigenvalue weighted by atomic mass is 15.1. The van der Waals surface area contributed by atoms with E-state index in [0.29, 0.717) is 12.0 Å². The molecule has 1 aromatic carbocycles. The first-order valence-corrected chi connectivity index (χ1v) is 7.51. The van der Waals surface area contributed by atoms with Crippen LogP contribution in [-0.4, -0.2) is 19.6 Å². The van der Waals surface area contributed by atoms with Gasteiger partial charge in [-0.1, -0.05) is 32.0 Å². The van der Waals surface area contributed by atoms with E-state index in [0.717, 1.165) is 18.4 Å². The van der Waals surface area contributed by atoms with E-state index < -0.39 is 0 Å². The van der Waals surface area contributed by atoms with Crippen molar-refractivity contribution < 1.29 is 0 Å². The summed E-state index contributed by atoms with van der Waals surface area (Å²) < 4.78 is 0. The van der Waals surface area contributed by atoms with E-state index in [1.54, 1.807) is 0 Å². The van der Waals surface area contributed by atoms with Gasteiger partial charge in [-0.2, -0.15) is 0 Å². The second-order valence-electron chi connectivity index (χ2n) is 6.55. The summed E-state index contributed by atoms with van der Waals surface area (Å²) in [6.07, 6.45) is 2.50. The fraction of sp³-hybridized carbons (Fsp3) is 0.647. The molecule has 4 atom stereocenters. The summed E-state index contributed by atoms with van der Waals surface area (Å²) in [4.78, 5) is 2.38. The molecule has 19 heavy (non-hydrogen) atoms. The Labute approximate surface area is 118 Å². The minimum absolute atomic E-state index is 0.352.